The molecule has 4 aliphatic heterocycles. The molecule has 0 saturated carbocycles. The maximum absolute atomic E-state index is 13.4. The summed E-state index contributed by atoms with van der Waals surface area (Å²) in [7, 11) is 0. The molecule has 1 aromatic heterocycles. The van der Waals surface area contributed by atoms with E-state index in [1.165, 1.54) is 6.07 Å². The predicted octanol–water partition coefficient (Wildman–Crippen LogP) is 0.0153. The van der Waals surface area contributed by atoms with Gasteiger partial charge in [-0.15, -0.1) is 10.2 Å². The molecule has 3 fully saturated rings. The second-order valence-corrected chi connectivity index (χ2v) is 10.1. The van der Waals surface area contributed by atoms with E-state index in [-0.39, 0.29) is 42.1 Å². The van der Waals surface area contributed by atoms with Crippen molar-refractivity contribution >= 4 is 41.0 Å². The van der Waals surface area contributed by atoms with Crippen molar-refractivity contribution in [1.82, 2.24) is 25.3 Å². The predicted molar refractivity (Wildman–Crippen MR) is 147 cm³/mol. The number of nitrogens with one attached hydrogen (secondary N) is 1. The number of carbonyl (C=O) groups excluding carboxylic acids is 5. The van der Waals surface area contributed by atoms with Crippen molar-refractivity contribution in [2.45, 2.75) is 31.7 Å². The number of aromatic nitrogens is 2. The second-order valence-electron chi connectivity index (χ2n) is 10.1. The zero-order valence-corrected chi connectivity index (χ0v) is 21.8. The van der Waals surface area contributed by atoms with Crippen LogP contribution in [-0.4, -0.2) is 101 Å². The molecular weight excluding hydrogens is 528 g/mol. The summed E-state index contributed by atoms with van der Waals surface area (Å²) in [5.41, 5.74) is 4.35. The Bertz CT molecular complexity index is 1720. The summed E-state index contributed by atoms with van der Waals surface area (Å²) >= 11 is 0. The van der Waals surface area contributed by atoms with Crippen molar-refractivity contribution in [3.63, 3.8) is 0 Å². The maximum Gasteiger partial charge on any atom is 0.269 e. The van der Waals surface area contributed by atoms with E-state index >= 15 is 0 Å². The number of benzene rings is 1. The normalized spacial score (nSPS) is 30.0. The summed E-state index contributed by atoms with van der Waals surface area (Å²) in [6.07, 6.45) is 0.599. The average Bonchev–Trinajstić information content (AvgIpc) is 3.27. The molecule has 3 saturated heterocycles. The summed E-state index contributed by atoms with van der Waals surface area (Å²) in [6.45, 7) is -12.2. The van der Waals surface area contributed by atoms with Crippen LogP contribution in [0.1, 0.15) is 67.9 Å². The van der Waals surface area contributed by atoms with Crippen molar-refractivity contribution in [3.8, 4) is 0 Å². The number of nitrogens with zero attached hydrogens (tertiary/aromatic N) is 6. The van der Waals surface area contributed by atoms with Gasteiger partial charge in [0.25, 0.3) is 17.7 Å². The third kappa shape index (κ3) is 5.24. The zero-order chi connectivity index (χ0) is 35.8. The lowest BCUT2D eigenvalue weighted by Crippen LogP contribution is -2.54. The van der Waals surface area contributed by atoms with Crippen LogP contribution in [0.25, 0.3) is 0 Å². The van der Waals surface area contributed by atoms with Crippen LogP contribution in [0.3, 0.4) is 0 Å². The molecule has 1 unspecified atom stereocenters. The molecule has 5 amide bonds. The molecule has 1 aromatic carbocycles. The highest BCUT2D eigenvalue weighted by Crippen LogP contribution is 2.31. The van der Waals surface area contributed by atoms with Gasteiger partial charge in [-0.1, -0.05) is 0 Å². The first-order chi connectivity index (χ1) is 22.8. The van der Waals surface area contributed by atoms with Crippen LogP contribution in [0.5, 0.6) is 0 Å². The molecule has 3 N–H and O–H groups in total. The first kappa shape index (κ1) is 18.9. The quantitative estimate of drug-likeness (QED) is 0.454. The van der Waals surface area contributed by atoms with Crippen LogP contribution < -0.4 is 20.9 Å². The molecule has 0 aliphatic carbocycles. The number of rotatable bonds is 6. The minimum absolute atomic E-state index is 0.0000380. The third-order valence-electron chi connectivity index (χ3n) is 7.56. The Hall–Kier alpha value is -4.39. The summed E-state index contributed by atoms with van der Waals surface area (Å²) in [5.74, 6) is -3.79. The van der Waals surface area contributed by atoms with Crippen molar-refractivity contribution in [2.75, 3.05) is 55.4 Å². The minimum atomic E-state index is -3.22. The van der Waals surface area contributed by atoms with Gasteiger partial charge in [-0.3, -0.25) is 39.1 Å². The standard InChI is InChI=1S/C28H32N8O5/c29-25(38)21-3-5-23(32-31-21)35-9-7-17(8-10-35)16-33-11-13-34(14-12-33)18-1-2-19-20(15-18)28(41)36(27(19)40)22-4-6-24(37)30-26(22)39/h1-3,5,15,17,22H,4,6-14,16H2,(H2,29,38)(H,30,37,39)/i11D2,12D2,13D2,14D2. The van der Waals surface area contributed by atoms with Gasteiger partial charge in [-0.25, -0.2) is 0 Å². The molecule has 0 bridgehead atoms. The van der Waals surface area contributed by atoms with E-state index in [4.69, 9.17) is 16.7 Å². The van der Waals surface area contributed by atoms with Gasteiger partial charge in [-0.2, -0.15) is 0 Å². The lowest BCUT2D eigenvalue weighted by Gasteiger charge is -2.39. The van der Waals surface area contributed by atoms with Crippen LogP contribution in [0.2, 0.25) is 0 Å². The number of piperazine rings is 1. The van der Waals surface area contributed by atoms with Gasteiger partial charge >= 0.3 is 0 Å². The fourth-order valence-corrected chi connectivity index (χ4v) is 5.32. The lowest BCUT2D eigenvalue weighted by atomic mass is 9.96. The molecule has 6 rings (SSSR count). The molecule has 4 aliphatic rings. The molecule has 0 radical (unpaired) electrons. The van der Waals surface area contributed by atoms with Crippen LogP contribution in [0.15, 0.2) is 30.3 Å². The smallest absolute Gasteiger partial charge is 0.269 e. The van der Waals surface area contributed by atoms with Crippen LogP contribution in [0.4, 0.5) is 11.5 Å². The highest BCUT2D eigenvalue weighted by atomic mass is 16.2. The highest BCUT2D eigenvalue weighted by molar-refractivity contribution is 6.23. The first-order valence-corrected chi connectivity index (χ1v) is 13.1. The molecule has 41 heavy (non-hydrogen) atoms. The molecule has 5 heterocycles. The Kier molecular flexibility index (Phi) is 5.01. The van der Waals surface area contributed by atoms with Crippen molar-refractivity contribution in [1.29, 1.82) is 0 Å². The fourth-order valence-electron chi connectivity index (χ4n) is 5.32. The Labute approximate surface area is 247 Å². The lowest BCUT2D eigenvalue weighted by molar-refractivity contribution is -0.136. The molecule has 2 aromatic rings. The highest BCUT2D eigenvalue weighted by Gasteiger charge is 2.44. The van der Waals surface area contributed by atoms with Crippen LogP contribution in [0, 0.1) is 5.92 Å². The Balaban J connectivity index is 1.24. The number of carbonyl (C=O) groups is 5. The van der Waals surface area contributed by atoms with E-state index in [2.05, 4.69) is 15.5 Å². The number of hydrogen-bond acceptors (Lipinski definition) is 10. The number of piperidine rings is 2. The molecule has 0 spiro atoms. The van der Waals surface area contributed by atoms with Gasteiger partial charge in [0, 0.05) is 63.2 Å². The number of fused-ring (bicyclic) bond motifs is 1. The largest absolute Gasteiger partial charge is 0.369 e. The molecule has 1 atom stereocenters. The van der Waals surface area contributed by atoms with E-state index < -0.39 is 67.3 Å². The van der Waals surface area contributed by atoms with Gasteiger partial charge in [0.15, 0.2) is 11.5 Å². The van der Waals surface area contributed by atoms with Gasteiger partial charge in [-0.05, 0) is 55.5 Å². The Morgan fingerprint density at radius 2 is 1.66 bits per heavy atom. The summed E-state index contributed by atoms with van der Waals surface area (Å²) in [4.78, 5) is 65.4. The van der Waals surface area contributed by atoms with Crippen LogP contribution >= 0.6 is 0 Å². The maximum atomic E-state index is 13.4. The van der Waals surface area contributed by atoms with Crippen molar-refractivity contribution < 1.29 is 34.9 Å². The molecular formula is C28H32N8O5. The van der Waals surface area contributed by atoms with E-state index in [1.807, 2.05) is 4.90 Å². The number of imide groups is 2. The summed E-state index contributed by atoms with van der Waals surface area (Å²) in [6, 6.07) is 4.96. The zero-order valence-electron chi connectivity index (χ0n) is 29.8. The van der Waals surface area contributed by atoms with Crippen LogP contribution in [-0.2, 0) is 9.59 Å². The minimum Gasteiger partial charge on any atom is -0.369 e. The topological polar surface area (TPSA) is 162 Å². The van der Waals surface area contributed by atoms with Crippen molar-refractivity contribution in [3.05, 3.63) is 47.2 Å². The number of primary amides is 1. The van der Waals surface area contributed by atoms with Gasteiger partial charge in [0.1, 0.15) is 6.04 Å². The van der Waals surface area contributed by atoms with Gasteiger partial charge in [0.05, 0.1) is 16.6 Å². The summed E-state index contributed by atoms with van der Waals surface area (Å²) in [5, 5.41) is 9.90. The van der Waals surface area contributed by atoms with Crippen molar-refractivity contribution in [2.24, 2.45) is 11.7 Å². The van der Waals surface area contributed by atoms with Gasteiger partial charge in [0.2, 0.25) is 11.8 Å². The fraction of sp³-hybridized carbons (Fsp3) is 0.464. The van der Waals surface area contributed by atoms with Gasteiger partial charge < -0.3 is 15.5 Å². The second kappa shape index (κ2) is 10.9. The van der Waals surface area contributed by atoms with E-state index in [0.717, 1.165) is 18.2 Å². The molecule has 13 nitrogen and oxygen atoms in total. The Morgan fingerprint density at radius 1 is 0.927 bits per heavy atom. The van der Waals surface area contributed by atoms with E-state index in [0.29, 0.717) is 46.4 Å². The SMILES string of the molecule is [2H]C1([2H])N(CC2CCN(c3ccc(C(N)=O)nn3)CC2)C([2H])([2H])C([2H])([2H])N(c2ccc3c(c2)C(=O)N(C2CCC(=O)NC2=O)C3=O)C1([2H])[2H]. The molecule has 13 heteroatoms. The number of nitrogens with two attached hydrogens (primary N) is 1. The van der Waals surface area contributed by atoms with E-state index in [1.54, 1.807) is 6.07 Å². The third-order valence-corrected chi connectivity index (χ3v) is 7.56. The number of anilines is 2. The average molecular weight is 569 g/mol. The first-order valence-electron chi connectivity index (χ1n) is 17.1. The Morgan fingerprint density at radius 3 is 2.32 bits per heavy atom. The number of hydrogen-bond donors (Lipinski definition) is 2. The monoisotopic (exact) mass is 568 g/mol. The molecule has 214 valence electrons. The van der Waals surface area contributed by atoms with E-state index in [9.17, 15) is 24.0 Å². The summed E-state index contributed by atoms with van der Waals surface area (Å²) < 4.78 is 71.1. The number of amides is 5.